The van der Waals surface area contributed by atoms with Gasteiger partial charge < -0.3 is 15.0 Å². The van der Waals surface area contributed by atoms with Crippen molar-refractivity contribution in [3.63, 3.8) is 0 Å². The highest BCUT2D eigenvalue weighted by Crippen LogP contribution is 2.19. The zero-order valence-electron chi connectivity index (χ0n) is 17.4. The maximum absolute atomic E-state index is 12.4. The highest BCUT2D eigenvalue weighted by molar-refractivity contribution is 5.93. The van der Waals surface area contributed by atoms with E-state index in [1.165, 1.54) is 0 Å². The smallest absolute Gasteiger partial charge is 0.260 e. The normalized spacial score (nSPS) is 14.1. The molecule has 3 rings (SSSR count). The summed E-state index contributed by atoms with van der Waals surface area (Å²) in [6.45, 7) is 6.63. The number of aryl methyl sites for hydroxylation is 2. The van der Waals surface area contributed by atoms with Gasteiger partial charge in [-0.15, -0.1) is 0 Å². The lowest BCUT2D eigenvalue weighted by atomic mass is 10.1. The first-order valence-electron chi connectivity index (χ1n) is 9.95. The number of nitriles is 1. The van der Waals surface area contributed by atoms with E-state index in [-0.39, 0.29) is 18.4 Å². The number of nitrogens with one attached hydrogen (secondary N) is 1. The molecule has 2 amide bonds. The Bertz CT molecular complexity index is 922. The van der Waals surface area contributed by atoms with Crippen molar-refractivity contribution in [2.45, 2.75) is 13.8 Å². The lowest BCUT2D eigenvalue weighted by molar-refractivity contribution is -0.135. The Morgan fingerprint density at radius 3 is 2.27 bits per heavy atom. The number of ether oxygens (including phenoxy) is 1. The third-order valence-electron chi connectivity index (χ3n) is 5.18. The molecule has 0 saturated carbocycles. The van der Waals surface area contributed by atoms with E-state index in [0.29, 0.717) is 44.0 Å². The van der Waals surface area contributed by atoms with Crippen molar-refractivity contribution in [3.05, 3.63) is 59.2 Å². The lowest BCUT2D eigenvalue weighted by Gasteiger charge is -2.34. The van der Waals surface area contributed by atoms with Crippen LogP contribution < -0.4 is 10.1 Å². The van der Waals surface area contributed by atoms with E-state index in [1.807, 2.05) is 43.0 Å². The van der Waals surface area contributed by atoms with E-state index in [4.69, 9.17) is 10.00 Å². The van der Waals surface area contributed by atoms with Crippen LogP contribution in [0.3, 0.4) is 0 Å². The number of anilines is 1. The number of benzene rings is 2. The molecular weight excluding hydrogens is 380 g/mol. The van der Waals surface area contributed by atoms with Crippen LogP contribution in [0.4, 0.5) is 5.69 Å². The second-order valence-electron chi connectivity index (χ2n) is 7.40. The van der Waals surface area contributed by atoms with Crippen LogP contribution in [0.25, 0.3) is 0 Å². The highest BCUT2D eigenvalue weighted by Gasteiger charge is 2.23. The molecule has 0 unspecified atom stereocenters. The molecule has 1 fully saturated rings. The molecule has 0 atom stereocenters. The van der Waals surface area contributed by atoms with Crippen molar-refractivity contribution in [2.24, 2.45) is 0 Å². The molecule has 0 spiro atoms. The summed E-state index contributed by atoms with van der Waals surface area (Å²) in [6.07, 6.45) is 0. The molecule has 7 nitrogen and oxygen atoms in total. The minimum Gasteiger partial charge on any atom is -0.484 e. The van der Waals surface area contributed by atoms with E-state index in [1.54, 1.807) is 29.2 Å². The van der Waals surface area contributed by atoms with Crippen LogP contribution in [-0.4, -0.2) is 60.9 Å². The summed E-state index contributed by atoms with van der Waals surface area (Å²) in [5.74, 6) is 0.430. The van der Waals surface area contributed by atoms with Crippen molar-refractivity contribution < 1.29 is 14.3 Å². The summed E-state index contributed by atoms with van der Waals surface area (Å²) in [5, 5.41) is 11.8. The van der Waals surface area contributed by atoms with Crippen LogP contribution in [0.15, 0.2) is 42.5 Å². The van der Waals surface area contributed by atoms with Crippen LogP contribution in [0.1, 0.15) is 16.7 Å². The van der Waals surface area contributed by atoms with Crippen LogP contribution >= 0.6 is 0 Å². The lowest BCUT2D eigenvalue weighted by Crippen LogP contribution is -2.51. The Morgan fingerprint density at radius 2 is 1.67 bits per heavy atom. The van der Waals surface area contributed by atoms with Gasteiger partial charge in [-0.05, 0) is 49.2 Å². The molecule has 1 N–H and O–H groups in total. The van der Waals surface area contributed by atoms with E-state index < -0.39 is 0 Å². The molecule has 30 heavy (non-hydrogen) atoms. The fraction of sp³-hybridized carbons (Fsp3) is 0.348. The molecule has 0 aromatic heterocycles. The van der Waals surface area contributed by atoms with Gasteiger partial charge in [0, 0.05) is 31.9 Å². The van der Waals surface area contributed by atoms with Gasteiger partial charge in [-0.25, -0.2) is 0 Å². The first-order valence-corrected chi connectivity index (χ1v) is 9.95. The first-order chi connectivity index (χ1) is 14.5. The molecular formula is C23H26N4O3. The van der Waals surface area contributed by atoms with E-state index >= 15 is 0 Å². The summed E-state index contributed by atoms with van der Waals surface area (Å²) < 4.78 is 5.52. The fourth-order valence-corrected chi connectivity index (χ4v) is 3.41. The zero-order chi connectivity index (χ0) is 21.5. The van der Waals surface area contributed by atoms with Crippen LogP contribution in [-0.2, 0) is 9.59 Å². The number of hydrogen-bond donors (Lipinski definition) is 1. The van der Waals surface area contributed by atoms with Gasteiger partial charge in [-0.1, -0.05) is 18.2 Å². The number of hydrogen-bond acceptors (Lipinski definition) is 5. The maximum atomic E-state index is 12.4. The van der Waals surface area contributed by atoms with Gasteiger partial charge in [0.15, 0.2) is 6.61 Å². The van der Waals surface area contributed by atoms with Gasteiger partial charge >= 0.3 is 0 Å². The molecule has 0 aliphatic carbocycles. The van der Waals surface area contributed by atoms with Crippen molar-refractivity contribution in [3.8, 4) is 11.8 Å². The SMILES string of the molecule is Cc1cccc(C)c1NC(=O)CN1CCN(C(=O)COc2ccc(C#N)cc2)CC1. The van der Waals surface area contributed by atoms with Crippen molar-refractivity contribution in [1.82, 2.24) is 9.80 Å². The Labute approximate surface area is 176 Å². The minimum atomic E-state index is -0.0843. The topological polar surface area (TPSA) is 85.7 Å². The van der Waals surface area contributed by atoms with Gasteiger partial charge in [-0.2, -0.15) is 5.26 Å². The quantitative estimate of drug-likeness (QED) is 0.796. The highest BCUT2D eigenvalue weighted by atomic mass is 16.5. The summed E-state index contributed by atoms with van der Waals surface area (Å²) in [6, 6.07) is 14.6. The Kier molecular flexibility index (Phi) is 7.04. The maximum Gasteiger partial charge on any atom is 0.260 e. The number of rotatable bonds is 6. The number of para-hydroxylation sites is 1. The zero-order valence-corrected chi connectivity index (χ0v) is 17.4. The monoisotopic (exact) mass is 406 g/mol. The number of amides is 2. The molecule has 0 radical (unpaired) electrons. The molecule has 1 aliphatic rings. The van der Waals surface area contributed by atoms with Gasteiger partial charge in [0.25, 0.3) is 5.91 Å². The molecule has 156 valence electrons. The van der Waals surface area contributed by atoms with Crippen molar-refractivity contribution >= 4 is 17.5 Å². The average molecular weight is 406 g/mol. The van der Waals surface area contributed by atoms with E-state index in [2.05, 4.69) is 5.32 Å². The Hall–Kier alpha value is -3.37. The first kappa shape index (κ1) is 21.3. The number of carbonyl (C=O) groups is 2. The third kappa shape index (κ3) is 5.58. The van der Waals surface area contributed by atoms with Crippen LogP contribution in [0, 0.1) is 25.2 Å². The third-order valence-corrected chi connectivity index (χ3v) is 5.18. The van der Waals surface area contributed by atoms with Crippen LogP contribution in [0.5, 0.6) is 5.75 Å². The summed E-state index contributed by atoms with van der Waals surface area (Å²) >= 11 is 0. The average Bonchev–Trinajstić information content (AvgIpc) is 2.75. The fourth-order valence-electron chi connectivity index (χ4n) is 3.41. The predicted octanol–water partition coefficient (Wildman–Crippen LogP) is 2.34. The summed E-state index contributed by atoms with van der Waals surface area (Å²) in [4.78, 5) is 28.6. The standard InChI is InChI=1S/C23H26N4O3/c1-17-4-3-5-18(2)23(17)25-21(28)15-26-10-12-27(13-11-26)22(29)16-30-20-8-6-19(14-24)7-9-20/h3-9H,10-13,15-16H2,1-2H3,(H,25,28). The van der Waals surface area contributed by atoms with Crippen molar-refractivity contribution in [1.29, 1.82) is 5.26 Å². The molecule has 0 bridgehead atoms. The second kappa shape index (κ2) is 9.90. The van der Waals surface area contributed by atoms with Gasteiger partial charge in [0.05, 0.1) is 18.2 Å². The van der Waals surface area contributed by atoms with Crippen molar-refractivity contribution in [2.75, 3.05) is 44.6 Å². The summed E-state index contributed by atoms with van der Waals surface area (Å²) in [7, 11) is 0. The molecule has 7 heteroatoms. The van der Waals surface area contributed by atoms with Gasteiger partial charge in [-0.3, -0.25) is 14.5 Å². The Balaban J connectivity index is 1.42. The largest absolute Gasteiger partial charge is 0.484 e. The minimum absolute atomic E-state index is 0.0427. The number of carbonyl (C=O) groups excluding carboxylic acids is 2. The molecule has 1 aliphatic heterocycles. The van der Waals surface area contributed by atoms with E-state index in [9.17, 15) is 9.59 Å². The molecule has 1 heterocycles. The second-order valence-corrected chi connectivity index (χ2v) is 7.40. The number of piperazine rings is 1. The van der Waals surface area contributed by atoms with Gasteiger partial charge in [0.2, 0.25) is 5.91 Å². The Morgan fingerprint density at radius 1 is 1.03 bits per heavy atom. The van der Waals surface area contributed by atoms with Crippen LogP contribution in [0.2, 0.25) is 0 Å². The number of nitrogens with zero attached hydrogens (tertiary/aromatic N) is 3. The van der Waals surface area contributed by atoms with Gasteiger partial charge in [0.1, 0.15) is 5.75 Å². The molecule has 2 aromatic rings. The van der Waals surface area contributed by atoms with E-state index in [0.717, 1.165) is 16.8 Å². The summed E-state index contributed by atoms with van der Waals surface area (Å²) in [5.41, 5.74) is 3.50. The predicted molar refractivity (Wildman–Crippen MR) is 114 cm³/mol. The molecule has 2 aromatic carbocycles. The molecule has 1 saturated heterocycles.